The second-order valence-electron chi connectivity index (χ2n) is 4.75. The van der Waals surface area contributed by atoms with Gasteiger partial charge in [0.2, 0.25) is 5.91 Å². The van der Waals surface area contributed by atoms with Crippen LogP contribution in [0.15, 0.2) is 12.1 Å². The minimum absolute atomic E-state index is 0.000234. The van der Waals surface area contributed by atoms with Gasteiger partial charge in [-0.1, -0.05) is 0 Å². The summed E-state index contributed by atoms with van der Waals surface area (Å²) < 4.78 is 14.0. The number of hydrogen-bond acceptors (Lipinski definition) is 4. The van der Waals surface area contributed by atoms with Crippen LogP contribution in [-0.2, 0) is 4.79 Å². The Morgan fingerprint density at radius 2 is 1.80 bits per heavy atom. The van der Waals surface area contributed by atoms with E-state index in [0.717, 1.165) is 6.07 Å². The standard InChI is InChI=1S/C13H17FN4O2/c1-8(19)17-2-4-18(5-3-17)12-6-9(13(16)20)11(15)7-10(12)14/h6-7H,2-5,15H2,1H3,(H2,16,20). The van der Waals surface area contributed by atoms with Crippen molar-refractivity contribution < 1.29 is 14.0 Å². The Morgan fingerprint density at radius 3 is 2.30 bits per heavy atom. The molecule has 1 aromatic carbocycles. The van der Waals surface area contributed by atoms with Crippen LogP contribution in [0.2, 0.25) is 0 Å². The zero-order valence-electron chi connectivity index (χ0n) is 11.2. The Hall–Kier alpha value is -2.31. The number of anilines is 2. The van der Waals surface area contributed by atoms with E-state index < -0.39 is 11.7 Å². The highest BCUT2D eigenvalue weighted by molar-refractivity contribution is 5.99. The number of amides is 2. The summed E-state index contributed by atoms with van der Waals surface area (Å²) in [6, 6.07) is 2.48. The third kappa shape index (κ3) is 2.66. The van der Waals surface area contributed by atoms with Gasteiger partial charge in [0.1, 0.15) is 5.82 Å². The Balaban J connectivity index is 2.24. The highest BCUT2D eigenvalue weighted by Crippen LogP contribution is 2.26. The molecule has 0 bridgehead atoms. The van der Waals surface area contributed by atoms with Gasteiger partial charge in [0, 0.05) is 38.8 Å². The maximum absolute atomic E-state index is 14.0. The molecule has 1 aromatic rings. The lowest BCUT2D eigenvalue weighted by molar-refractivity contribution is -0.129. The maximum Gasteiger partial charge on any atom is 0.250 e. The van der Waals surface area contributed by atoms with Crippen LogP contribution in [0.5, 0.6) is 0 Å². The molecule has 6 nitrogen and oxygen atoms in total. The third-order valence-electron chi connectivity index (χ3n) is 3.45. The molecule has 0 unspecified atom stereocenters. The summed E-state index contributed by atoms with van der Waals surface area (Å²) in [5, 5.41) is 0. The normalized spacial score (nSPS) is 15.3. The molecule has 0 radical (unpaired) electrons. The minimum atomic E-state index is -0.689. The third-order valence-corrected chi connectivity index (χ3v) is 3.45. The first-order chi connectivity index (χ1) is 9.40. The minimum Gasteiger partial charge on any atom is -0.398 e. The number of halogens is 1. The van der Waals surface area contributed by atoms with Crippen molar-refractivity contribution in [2.24, 2.45) is 5.73 Å². The molecule has 1 aliphatic rings. The second-order valence-corrected chi connectivity index (χ2v) is 4.75. The number of nitrogens with two attached hydrogens (primary N) is 2. The Kier molecular flexibility index (Phi) is 3.78. The van der Waals surface area contributed by atoms with Gasteiger partial charge in [0.25, 0.3) is 5.91 Å². The van der Waals surface area contributed by atoms with E-state index in [9.17, 15) is 14.0 Å². The monoisotopic (exact) mass is 280 g/mol. The predicted molar refractivity (Wildman–Crippen MR) is 73.8 cm³/mol. The molecular formula is C13H17FN4O2. The summed E-state index contributed by atoms with van der Waals surface area (Å²) >= 11 is 0. The summed E-state index contributed by atoms with van der Waals surface area (Å²) in [4.78, 5) is 26.0. The van der Waals surface area contributed by atoms with Crippen molar-refractivity contribution in [3.8, 4) is 0 Å². The summed E-state index contributed by atoms with van der Waals surface area (Å²) in [5.74, 6) is -1.19. The van der Waals surface area contributed by atoms with E-state index in [1.807, 2.05) is 0 Å². The SMILES string of the molecule is CC(=O)N1CCN(c2cc(C(N)=O)c(N)cc2F)CC1. The van der Waals surface area contributed by atoms with Gasteiger partial charge in [0.15, 0.2) is 0 Å². The van der Waals surface area contributed by atoms with Crippen LogP contribution in [0.3, 0.4) is 0 Å². The Bertz CT molecular complexity index is 554. The van der Waals surface area contributed by atoms with Gasteiger partial charge in [-0.25, -0.2) is 4.39 Å². The number of primary amides is 1. The molecule has 1 fully saturated rings. The number of carbonyl (C=O) groups excluding carboxylic acids is 2. The van der Waals surface area contributed by atoms with Crippen molar-refractivity contribution >= 4 is 23.2 Å². The summed E-state index contributed by atoms with van der Waals surface area (Å²) in [5.41, 5.74) is 11.2. The number of hydrogen-bond donors (Lipinski definition) is 2. The fourth-order valence-electron chi connectivity index (χ4n) is 2.30. The van der Waals surface area contributed by atoms with Gasteiger partial charge in [-0.2, -0.15) is 0 Å². The molecular weight excluding hydrogens is 263 g/mol. The number of piperazine rings is 1. The van der Waals surface area contributed by atoms with Gasteiger partial charge in [0.05, 0.1) is 11.3 Å². The van der Waals surface area contributed by atoms with Crippen LogP contribution in [0.25, 0.3) is 0 Å². The van der Waals surface area contributed by atoms with Crippen LogP contribution >= 0.6 is 0 Å². The van der Waals surface area contributed by atoms with Gasteiger partial charge in [-0.05, 0) is 12.1 Å². The average Bonchev–Trinajstić information content (AvgIpc) is 2.38. The van der Waals surface area contributed by atoms with Crippen LogP contribution in [-0.4, -0.2) is 42.9 Å². The smallest absolute Gasteiger partial charge is 0.250 e. The zero-order chi connectivity index (χ0) is 14.9. The fraction of sp³-hybridized carbons (Fsp3) is 0.385. The molecule has 0 spiro atoms. The maximum atomic E-state index is 14.0. The van der Waals surface area contributed by atoms with E-state index in [1.165, 1.54) is 13.0 Å². The quantitative estimate of drug-likeness (QED) is 0.756. The van der Waals surface area contributed by atoms with Crippen molar-refractivity contribution in [1.29, 1.82) is 0 Å². The molecule has 1 saturated heterocycles. The average molecular weight is 280 g/mol. The van der Waals surface area contributed by atoms with E-state index >= 15 is 0 Å². The first kappa shape index (κ1) is 14.1. The van der Waals surface area contributed by atoms with Crippen molar-refractivity contribution in [2.45, 2.75) is 6.92 Å². The topological polar surface area (TPSA) is 92.7 Å². The Labute approximate surface area is 116 Å². The largest absolute Gasteiger partial charge is 0.398 e. The molecule has 2 rings (SSSR count). The number of carbonyl (C=O) groups is 2. The number of rotatable bonds is 2. The molecule has 4 N–H and O–H groups in total. The lowest BCUT2D eigenvalue weighted by Crippen LogP contribution is -2.48. The fourth-order valence-corrected chi connectivity index (χ4v) is 2.30. The van der Waals surface area contributed by atoms with E-state index in [2.05, 4.69) is 0 Å². The molecule has 7 heteroatoms. The van der Waals surface area contributed by atoms with Crippen LogP contribution in [0.1, 0.15) is 17.3 Å². The van der Waals surface area contributed by atoms with Crippen molar-refractivity contribution in [1.82, 2.24) is 4.90 Å². The molecule has 1 aliphatic heterocycles. The van der Waals surface area contributed by atoms with Crippen LogP contribution < -0.4 is 16.4 Å². The zero-order valence-corrected chi connectivity index (χ0v) is 11.2. The summed E-state index contributed by atoms with van der Waals surface area (Å²) in [6.07, 6.45) is 0. The van der Waals surface area contributed by atoms with E-state index in [0.29, 0.717) is 26.2 Å². The first-order valence-corrected chi connectivity index (χ1v) is 6.29. The number of nitrogen functional groups attached to an aromatic ring is 1. The molecule has 2 amide bonds. The van der Waals surface area contributed by atoms with Gasteiger partial charge >= 0.3 is 0 Å². The van der Waals surface area contributed by atoms with E-state index in [4.69, 9.17) is 11.5 Å². The van der Waals surface area contributed by atoms with Crippen molar-refractivity contribution in [3.63, 3.8) is 0 Å². The van der Waals surface area contributed by atoms with Gasteiger partial charge in [-0.15, -0.1) is 0 Å². The highest BCUT2D eigenvalue weighted by atomic mass is 19.1. The predicted octanol–water partition coefficient (Wildman–Crippen LogP) is 0.175. The molecule has 0 aliphatic carbocycles. The number of benzene rings is 1. The molecule has 108 valence electrons. The molecule has 1 heterocycles. The first-order valence-electron chi connectivity index (χ1n) is 6.29. The van der Waals surface area contributed by atoms with Gasteiger partial charge in [-0.3, -0.25) is 9.59 Å². The molecule has 0 saturated carbocycles. The summed E-state index contributed by atoms with van der Waals surface area (Å²) in [7, 11) is 0. The second kappa shape index (κ2) is 5.36. The highest BCUT2D eigenvalue weighted by Gasteiger charge is 2.22. The van der Waals surface area contributed by atoms with E-state index in [1.54, 1.807) is 9.80 Å². The van der Waals surface area contributed by atoms with Crippen molar-refractivity contribution in [3.05, 3.63) is 23.5 Å². The van der Waals surface area contributed by atoms with Crippen LogP contribution in [0, 0.1) is 5.82 Å². The Morgan fingerprint density at radius 1 is 1.20 bits per heavy atom. The summed E-state index contributed by atoms with van der Waals surface area (Å²) in [6.45, 7) is 3.54. The van der Waals surface area contributed by atoms with Crippen LogP contribution in [0.4, 0.5) is 15.8 Å². The number of nitrogens with zero attached hydrogens (tertiary/aromatic N) is 2. The lowest BCUT2D eigenvalue weighted by atomic mass is 10.1. The van der Waals surface area contributed by atoms with Gasteiger partial charge < -0.3 is 21.3 Å². The van der Waals surface area contributed by atoms with E-state index in [-0.39, 0.29) is 22.8 Å². The molecule has 0 atom stereocenters. The van der Waals surface area contributed by atoms with Crippen molar-refractivity contribution in [2.75, 3.05) is 36.8 Å². The molecule has 0 aromatic heterocycles. The lowest BCUT2D eigenvalue weighted by Gasteiger charge is -2.36. The molecule has 20 heavy (non-hydrogen) atoms.